The normalized spacial score (nSPS) is 11.1. The lowest BCUT2D eigenvalue weighted by atomic mass is 10.1. The van der Waals surface area contributed by atoms with Crippen molar-refractivity contribution in [1.82, 2.24) is 0 Å². The Balaban J connectivity index is 2.27. The molecule has 0 amide bonds. The maximum absolute atomic E-state index is 11.5. The van der Waals surface area contributed by atoms with E-state index in [1.165, 1.54) is 6.20 Å². The van der Waals surface area contributed by atoms with Crippen molar-refractivity contribution in [2.75, 3.05) is 0 Å². The topological polar surface area (TPSA) is 95.4 Å². The minimum atomic E-state index is -0.806. The van der Waals surface area contributed by atoms with E-state index in [-0.39, 0.29) is 13.0 Å². The Morgan fingerprint density at radius 1 is 1.16 bits per heavy atom. The predicted octanol–water partition coefficient (Wildman–Crippen LogP) is 1.23. The van der Waals surface area contributed by atoms with Crippen LogP contribution < -0.4 is 11.5 Å². The van der Waals surface area contributed by atoms with Crippen molar-refractivity contribution >= 4 is 11.8 Å². The molecule has 0 spiro atoms. The van der Waals surface area contributed by atoms with Crippen LogP contribution in [0.15, 0.2) is 42.2 Å². The third-order valence-corrected chi connectivity index (χ3v) is 2.52. The largest absolute Gasteiger partial charge is 0.455 e. The number of nitrogens with two attached hydrogens (primary N) is 2. The highest BCUT2D eigenvalue weighted by molar-refractivity contribution is 6.33. The van der Waals surface area contributed by atoms with Gasteiger partial charge < -0.3 is 16.2 Å². The van der Waals surface area contributed by atoms with Gasteiger partial charge in [-0.3, -0.25) is 4.79 Å². The second kappa shape index (κ2) is 7.92. The van der Waals surface area contributed by atoms with Crippen LogP contribution in [0.2, 0.25) is 0 Å². The van der Waals surface area contributed by atoms with Gasteiger partial charge in [0.1, 0.15) is 6.61 Å². The number of ether oxygens (including phenoxy) is 1. The third kappa shape index (κ3) is 5.72. The molecule has 0 aliphatic carbocycles. The highest BCUT2D eigenvalue weighted by atomic mass is 16.5. The summed E-state index contributed by atoms with van der Waals surface area (Å²) < 4.78 is 4.91. The van der Waals surface area contributed by atoms with E-state index in [1.807, 2.05) is 30.3 Å². The molecule has 0 aliphatic heterocycles. The van der Waals surface area contributed by atoms with Crippen LogP contribution in [-0.4, -0.2) is 11.8 Å². The molecular formula is C14H18N2O3. The van der Waals surface area contributed by atoms with E-state index < -0.39 is 11.8 Å². The molecule has 1 rings (SSSR count). The minimum Gasteiger partial charge on any atom is -0.455 e. The van der Waals surface area contributed by atoms with E-state index in [0.29, 0.717) is 18.5 Å². The number of hydrogen-bond donors (Lipinski definition) is 2. The Bertz CT molecular complexity index is 455. The second-order valence-electron chi connectivity index (χ2n) is 4.08. The molecule has 0 heterocycles. The zero-order valence-corrected chi connectivity index (χ0v) is 10.7. The van der Waals surface area contributed by atoms with Gasteiger partial charge in [-0.25, -0.2) is 4.79 Å². The molecule has 5 nitrogen and oxygen atoms in total. The lowest BCUT2D eigenvalue weighted by Gasteiger charge is -2.04. The number of rotatable bonds is 7. The first-order valence-corrected chi connectivity index (χ1v) is 6.03. The van der Waals surface area contributed by atoms with Crippen LogP contribution in [-0.2, 0) is 20.9 Å². The number of allylic oxidation sites excluding steroid dienone is 1. The number of carbonyl (C=O) groups excluding carboxylic acids is 2. The first kappa shape index (κ1) is 14.8. The van der Waals surface area contributed by atoms with Crippen LogP contribution in [0.3, 0.4) is 0 Å². The average molecular weight is 262 g/mol. The van der Waals surface area contributed by atoms with Crippen molar-refractivity contribution in [3.05, 3.63) is 47.8 Å². The predicted molar refractivity (Wildman–Crippen MR) is 71.6 cm³/mol. The van der Waals surface area contributed by atoms with Crippen molar-refractivity contribution in [2.45, 2.75) is 25.9 Å². The number of hydrogen-bond acceptors (Lipinski definition) is 5. The van der Waals surface area contributed by atoms with Crippen LogP contribution in [0.25, 0.3) is 0 Å². The van der Waals surface area contributed by atoms with Gasteiger partial charge in [-0.15, -0.1) is 0 Å². The van der Waals surface area contributed by atoms with Crippen LogP contribution >= 0.6 is 0 Å². The van der Waals surface area contributed by atoms with Crippen molar-refractivity contribution in [3.8, 4) is 0 Å². The Labute approximate surface area is 112 Å². The summed E-state index contributed by atoms with van der Waals surface area (Å²) in [6.07, 6.45) is 2.38. The fourth-order valence-electron chi connectivity index (χ4n) is 1.44. The maximum Gasteiger partial charge on any atom is 0.374 e. The fraction of sp³-hybridized carbons (Fsp3) is 0.286. The zero-order chi connectivity index (χ0) is 14.1. The summed E-state index contributed by atoms with van der Waals surface area (Å²) >= 11 is 0. The molecule has 102 valence electrons. The van der Waals surface area contributed by atoms with Gasteiger partial charge in [0.15, 0.2) is 0 Å². The summed E-state index contributed by atoms with van der Waals surface area (Å²) in [4.78, 5) is 22.9. The van der Waals surface area contributed by atoms with E-state index in [0.717, 1.165) is 5.56 Å². The van der Waals surface area contributed by atoms with Crippen LogP contribution in [0.5, 0.6) is 0 Å². The van der Waals surface area contributed by atoms with Crippen LogP contribution in [0.4, 0.5) is 0 Å². The molecule has 0 bridgehead atoms. The molecular weight excluding hydrogens is 244 g/mol. The van der Waals surface area contributed by atoms with Gasteiger partial charge in [-0.2, -0.15) is 0 Å². The molecule has 0 saturated heterocycles. The van der Waals surface area contributed by atoms with Crippen molar-refractivity contribution in [3.63, 3.8) is 0 Å². The van der Waals surface area contributed by atoms with Gasteiger partial charge in [-0.1, -0.05) is 30.3 Å². The molecule has 4 N–H and O–H groups in total. The van der Waals surface area contributed by atoms with Gasteiger partial charge in [0, 0.05) is 18.3 Å². The molecule has 0 aromatic heterocycles. The quantitative estimate of drug-likeness (QED) is 0.569. The summed E-state index contributed by atoms with van der Waals surface area (Å²) in [6.45, 7) is 0.107. The van der Waals surface area contributed by atoms with Gasteiger partial charge in [0.05, 0.1) is 0 Å². The molecule has 0 aliphatic rings. The van der Waals surface area contributed by atoms with Crippen LogP contribution in [0.1, 0.15) is 24.8 Å². The van der Waals surface area contributed by atoms with E-state index in [4.69, 9.17) is 16.2 Å². The van der Waals surface area contributed by atoms with Crippen molar-refractivity contribution in [1.29, 1.82) is 0 Å². The highest BCUT2D eigenvalue weighted by Crippen LogP contribution is 2.05. The number of esters is 1. The Kier molecular flexibility index (Phi) is 6.15. The fourth-order valence-corrected chi connectivity index (χ4v) is 1.44. The molecule has 0 atom stereocenters. The zero-order valence-electron chi connectivity index (χ0n) is 10.7. The second-order valence-corrected chi connectivity index (χ2v) is 4.08. The molecule has 1 aromatic carbocycles. The molecule has 0 radical (unpaired) electrons. The first-order chi connectivity index (χ1) is 9.13. The van der Waals surface area contributed by atoms with E-state index >= 15 is 0 Å². The van der Waals surface area contributed by atoms with Crippen molar-refractivity contribution in [2.24, 2.45) is 11.5 Å². The number of ketones is 1. The lowest BCUT2D eigenvalue weighted by Crippen LogP contribution is -2.17. The maximum atomic E-state index is 11.5. The number of carbonyl (C=O) groups is 2. The number of benzene rings is 1. The summed E-state index contributed by atoms with van der Waals surface area (Å²) in [5.41, 5.74) is 12.0. The van der Waals surface area contributed by atoms with Gasteiger partial charge in [0.25, 0.3) is 0 Å². The lowest BCUT2D eigenvalue weighted by molar-refractivity contribution is -0.154. The molecule has 0 unspecified atom stereocenters. The van der Waals surface area contributed by atoms with E-state index in [9.17, 15) is 9.59 Å². The molecule has 5 heteroatoms. The molecule has 0 fully saturated rings. The third-order valence-electron chi connectivity index (χ3n) is 2.52. The molecule has 1 aromatic rings. The van der Waals surface area contributed by atoms with Gasteiger partial charge >= 0.3 is 5.97 Å². The first-order valence-electron chi connectivity index (χ1n) is 6.03. The van der Waals surface area contributed by atoms with E-state index in [1.54, 1.807) is 0 Å². The minimum absolute atomic E-state index is 0.107. The smallest absolute Gasteiger partial charge is 0.374 e. The Hall–Kier alpha value is -2.30. The van der Waals surface area contributed by atoms with Crippen molar-refractivity contribution < 1.29 is 14.3 Å². The van der Waals surface area contributed by atoms with E-state index in [2.05, 4.69) is 0 Å². The summed E-state index contributed by atoms with van der Waals surface area (Å²) in [5, 5.41) is 0. The summed E-state index contributed by atoms with van der Waals surface area (Å²) in [5.74, 6) is -1.35. The monoisotopic (exact) mass is 262 g/mol. The highest BCUT2D eigenvalue weighted by Gasteiger charge is 2.14. The molecule has 19 heavy (non-hydrogen) atoms. The number of Topliss-reactive ketones (excluding diaryl/α,β-unsaturated/α-hetero) is 1. The average Bonchev–Trinajstić information content (AvgIpc) is 2.45. The van der Waals surface area contributed by atoms with Gasteiger partial charge in [-0.05, 0) is 18.4 Å². The SMILES string of the molecule is N/C=C(\N)CCCC(=O)C(=O)OCc1ccccc1. The summed E-state index contributed by atoms with van der Waals surface area (Å²) in [7, 11) is 0. The van der Waals surface area contributed by atoms with Crippen LogP contribution in [0, 0.1) is 0 Å². The molecule has 0 saturated carbocycles. The van der Waals surface area contributed by atoms with Gasteiger partial charge in [0.2, 0.25) is 5.78 Å². The summed E-state index contributed by atoms with van der Waals surface area (Å²) in [6, 6.07) is 9.20. The Morgan fingerprint density at radius 2 is 1.84 bits per heavy atom. The Morgan fingerprint density at radius 3 is 2.47 bits per heavy atom. The standard InChI is InChI=1S/C14H18N2O3/c15-9-12(16)7-4-8-13(17)14(18)19-10-11-5-2-1-3-6-11/h1-3,5-6,9H,4,7-8,10,15-16H2/b12-9-.